The van der Waals surface area contributed by atoms with E-state index in [-0.39, 0.29) is 49.0 Å². The van der Waals surface area contributed by atoms with Crippen LogP contribution in [0.4, 0.5) is 0 Å². The van der Waals surface area contributed by atoms with Gasteiger partial charge in [0.15, 0.2) is 6.10 Å². The van der Waals surface area contributed by atoms with Crippen LogP contribution in [0, 0.1) is 17.8 Å². The maximum Gasteiger partial charge on any atom is 0.331 e. The van der Waals surface area contributed by atoms with Gasteiger partial charge in [-0.2, -0.15) is 0 Å². The molecule has 0 aliphatic carbocycles. The number of carbonyl (C=O) groups is 4. The van der Waals surface area contributed by atoms with Crippen LogP contribution < -0.4 is 5.32 Å². The van der Waals surface area contributed by atoms with E-state index in [0.717, 1.165) is 38.5 Å². The summed E-state index contributed by atoms with van der Waals surface area (Å²) in [5, 5.41) is 43.4. The Morgan fingerprint density at radius 3 is 2.30 bits per heavy atom. The summed E-state index contributed by atoms with van der Waals surface area (Å²) in [7, 11) is 0. The fourth-order valence-electron chi connectivity index (χ4n) is 5.46. The summed E-state index contributed by atoms with van der Waals surface area (Å²) in [4.78, 5) is 49.7. The molecule has 252 valence electrons. The molecule has 0 aromatic rings. The predicted octanol–water partition coefficient (Wildman–Crippen LogP) is 4.64. The molecule has 0 saturated carbocycles. The van der Waals surface area contributed by atoms with Crippen molar-refractivity contribution in [2.24, 2.45) is 17.8 Å². The monoisotopic (exact) mass is 623 g/mol. The zero-order valence-corrected chi connectivity index (χ0v) is 27.2. The number of hydrogen-bond acceptors (Lipinski definition) is 8. The highest BCUT2D eigenvalue weighted by Crippen LogP contribution is 2.22. The normalized spacial score (nSPS) is 32.7. The van der Waals surface area contributed by atoms with E-state index >= 15 is 0 Å². The highest BCUT2D eigenvalue weighted by atomic mass is 16.5. The number of esters is 1. The molecule has 10 heteroatoms. The Hall–Kier alpha value is -2.56. The molecule has 0 spiro atoms. The van der Waals surface area contributed by atoms with Gasteiger partial charge in [-0.25, -0.2) is 4.79 Å². The molecule has 0 radical (unpaired) electrons. The summed E-state index contributed by atoms with van der Waals surface area (Å²) in [6.45, 7) is 7.56. The first-order valence-corrected chi connectivity index (χ1v) is 16.5. The van der Waals surface area contributed by atoms with Crippen LogP contribution >= 0.6 is 0 Å². The molecule has 1 aliphatic heterocycles. The Morgan fingerprint density at radius 1 is 0.932 bits per heavy atom. The number of aliphatic carboxylic acids is 1. The van der Waals surface area contributed by atoms with Gasteiger partial charge >= 0.3 is 11.9 Å². The van der Waals surface area contributed by atoms with Crippen LogP contribution in [-0.4, -0.2) is 75.0 Å². The van der Waals surface area contributed by atoms with Crippen molar-refractivity contribution in [2.45, 2.75) is 142 Å². The van der Waals surface area contributed by atoms with E-state index in [0.29, 0.717) is 32.1 Å². The van der Waals surface area contributed by atoms with Gasteiger partial charge in [0.05, 0.1) is 24.2 Å². The summed E-state index contributed by atoms with van der Waals surface area (Å²) in [6, 6.07) is 0. The number of hydrogen-bond donors (Lipinski definition) is 5. The molecule has 1 rings (SSSR count). The number of carboxylic acids is 1. The van der Waals surface area contributed by atoms with Crippen LogP contribution in [0.3, 0.4) is 0 Å². The van der Waals surface area contributed by atoms with Crippen molar-refractivity contribution in [2.75, 3.05) is 6.54 Å². The molecule has 7 atom stereocenters. The number of cyclic esters (lactones) is 1. The van der Waals surface area contributed by atoms with Gasteiger partial charge in [-0.1, -0.05) is 65.2 Å². The molecular weight excluding hydrogens is 566 g/mol. The van der Waals surface area contributed by atoms with Gasteiger partial charge in [0.2, 0.25) is 0 Å². The molecule has 0 bridgehead atoms. The summed E-state index contributed by atoms with van der Waals surface area (Å²) in [6.07, 6.45) is 7.70. The molecule has 1 amide bonds. The Kier molecular flexibility index (Phi) is 19.8. The number of β-amino-alcohol motifs (C(OH)–C–C–N with tert-alkyl or cyclic N) is 1. The molecule has 0 fully saturated rings. The number of Topliss-reactive ketones (excluding diaryl/α,β-unsaturated/α-hetero) is 1. The van der Waals surface area contributed by atoms with Crippen molar-refractivity contribution in [3.8, 4) is 0 Å². The number of allylic oxidation sites excluding steroid dienone is 3. The molecule has 5 N–H and O–H groups in total. The topological polar surface area (TPSA) is 170 Å². The average molecular weight is 624 g/mol. The molecule has 1 unspecified atom stereocenters. The summed E-state index contributed by atoms with van der Waals surface area (Å²) < 4.78 is 5.55. The first-order valence-electron chi connectivity index (χ1n) is 16.5. The highest BCUT2D eigenvalue weighted by Gasteiger charge is 2.27. The molecule has 0 aromatic carbocycles. The SMILES string of the molecule is CCC[C@@H]1OC(=O)[C@@H](C)C[C@@H](C)CCCCC(=O)CCCC(CC)/C=C/C=C(\C(=O)O)CC[C@@H](O)[C@@H](O)C[C@H](O)CNC1=O. The standard InChI is InChI=1S/C34H57NO9/c1-5-11-31-32(40)35-22-28(37)21-30(39)29(38)19-18-26(33(41)42)15-9-13-25(6-2)14-10-17-27(36)16-8-7-12-23(3)20-24(4)34(43)44-31/h9,13,15,23-25,28-31,37-39H,5-8,10-12,14,16-22H2,1-4H3,(H,35,40)(H,41,42)/b13-9+,26-15-/t23-,24-,25?,28-,29+,30-,31-/m0/s1. The van der Waals surface area contributed by atoms with Crippen molar-refractivity contribution >= 4 is 23.6 Å². The third-order valence-corrected chi connectivity index (χ3v) is 8.35. The molecular formula is C34H57NO9. The van der Waals surface area contributed by atoms with Gasteiger partial charge in [0, 0.05) is 31.4 Å². The van der Waals surface area contributed by atoms with E-state index in [1.165, 1.54) is 6.08 Å². The zero-order chi connectivity index (χ0) is 33.1. The van der Waals surface area contributed by atoms with E-state index in [9.17, 15) is 39.6 Å². The van der Waals surface area contributed by atoms with Crippen LogP contribution in [-0.2, 0) is 23.9 Å². The molecule has 1 heterocycles. The number of carboxylic acid groups (broad SMARTS) is 1. The van der Waals surface area contributed by atoms with Crippen LogP contribution in [0.5, 0.6) is 0 Å². The molecule has 0 aromatic heterocycles. The number of carbonyl (C=O) groups excluding carboxylic acids is 3. The van der Waals surface area contributed by atoms with E-state index in [4.69, 9.17) is 4.74 Å². The predicted molar refractivity (Wildman–Crippen MR) is 169 cm³/mol. The third kappa shape index (κ3) is 16.5. The molecule has 44 heavy (non-hydrogen) atoms. The fourth-order valence-corrected chi connectivity index (χ4v) is 5.46. The van der Waals surface area contributed by atoms with Gasteiger partial charge in [-0.15, -0.1) is 0 Å². The smallest absolute Gasteiger partial charge is 0.331 e. The number of amides is 1. The second kappa shape index (κ2) is 22.0. The number of ketones is 1. The number of aliphatic hydroxyl groups excluding tert-OH is 3. The van der Waals surface area contributed by atoms with E-state index in [1.807, 2.05) is 19.9 Å². The first-order chi connectivity index (χ1) is 20.9. The minimum absolute atomic E-state index is 0.0112. The third-order valence-electron chi connectivity index (χ3n) is 8.35. The average Bonchev–Trinajstić information content (AvgIpc) is 2.97. The van der Waals surface area contributed by atoms with Crippen LogP contribution in [0.1, 0.15) is 118 Å². The van der Waals surface area contributed by atoms with E-state index in [1.54, 1.807) is 13.0 Å². The summed E-state index contributed by atoms with van der Waals surface area (Å²) >= 11 is 0. The van der Waals surface area contributed by atoms with Gasteiger partial charge in [-0.05, 0) is 63.2 Å². The number of nitrogens with one attached hydrogen (secondary N) is 1. The Labute approximate surface area is 263 Å². The van der Waals surface area contributed by atoms with Crippen LogP contribution in [0.15, 0.2) is 23.8 Å². The minimum Gasteiger partial charge on any atom is -0.478 e. The Bertz CT molecular complexity index is 947. The highest BCUT2D eigenvalue weighted by molar-refractivity contribution is 5.87. The van der Waals surface area contributed by atoms with Crippen molar-refractivity contribution < 1.29 is 44.3 Å². The van der Waals surface area contributed by atoms with E-state index < -0.39 is 48.2 Å². The van der Waals surface area contributed by atoms with Gasteiger partial charge < -0.3 is 30.5 Å². The first kappa shape index (κ1) is 39.5. The van der Waals surface area contributed by atoms with Crippen molar-refractivity contribution in [1.29, 1.82) is 0 Å². The van der Waals surface area contributed by atoms with Gasteiger partial charge in [-0.3, -0.25) is 14.4 Å². The van der Waals surface area contributed by atoms with Crippen molar-refractivity contribution in [3.05, 3.63) is 23.8 Å². The molecule has 10 nitrogen and oxygen atoms in total. The lowest BCUT2D eigenvalue weighted by Gasteiger charge is -2.23. The number of aliphatic hydroxyl groups is 3. The Morgan fingerprint density at radius 2 is 1.64 bits per heavy atom. The minimum atomic E-state index is -1.33. The second-order valence-electron chi connectivity index (χ2n) is 12.5. The maximum atomic E-state index is 12.8. The maximum absolute atomic E-state index is 12.8. The lowest BCUT2D eigenvalue weighted by Crippen LogP contribution is -2.43. The second-order valence-corrected chi connectivity index (χ2v) is 12.5. The van der Waals surface area contributed by atoms with Crippen LogP contribution in [0.2, 0.25) is 0 Å². The lowest BCUT2D eigenvalue weighted by atomic mass is 9.92. The lowest BCUT2D eigenvalue weighted by molar-refractivity contribution is -0.160. The van der Waals surface area contributed by atoms with Gasteiger partial charge in [0.25, 0.3) is 5.91 Å². The van der Waals surface area contributed by atoms with Crippen molar-refractivity contribution in [1.82, 2.24) is 5.32 Å². The summed E-state index contributed by atoms with van der Waals surface area (Å²) in [5.41, 5.74) is 0.0821. The van der Waals surface area contributed by atoms with Crippen LogP contribution in [0.25, 0.3) is 0 Å². The quantitative estimate of drug-likeness (QED) is 0.280. The molecule has 1 aliphatic rings. The Balaban J connectivity index is 2.98. The van der Waals surface area contributed by atoms with E-state index in [2.05, 4.69) is 12.2 Å². The number of ether oxygens (including phenoxy) is 1. The number of rotatable bonds is 4. The zero-order valence-electron chi connectivity index (χ0n) is 27.2. The largest absolute Gasteiger partial charge is 0.478 e. The van der Waals surface area contributed by atoms with Crippen molar-refractivity contribution in [3.63, 3.8) is 0 Å². The van der Waals surface area contributed by atoms with Gasteiger partial charge in [0.1, 0.15) is 5.78 Å². The molecule has 0 saturated heterocycles. The fraction of sp³-hybridized carbons (Fsp3) is 0.765. The summed E-state index contributed by atoms with van der Waals surface area (Å²) in [5.74, 6) is -1.81.